The number of rotatable bonds is 9. The minimum absolute atomic E-state index is 0.0967. The van der Waals surface area contributed by atoms with E-state index in [1.807, 2.05) is 72.1 Å². The summed E-state index contributed by atoms with van der Waals surface area (Å²) in [6.07, 6.45) is 8.46. The van der Waals surface area contributed by atoms with Gasteiger partial charge in [0.05, 0.1) is 35.8 Å². The highest BCUT2D eigenvalue weighted by atomic mass is 32.2. The van der Waals surface area contributed by atoms with Crippen LogP contribution >= 0.6 is 11.3 Å². The number of allylic oxidation sites excluding steroid dienone is 1. The SMILES string of the molecule is COc1ccc2c(O[C@@H]3C[C@H]4C(=O)N[C@]5(C(=O)NS(=O)(=O)C6CC6)C[C@H]5C=CCCCCC[C@H](Nc5nc(C(C)(C)C)cs5)C(=O)N4C3)cc(-c3ccccc3)nc2c1. The fourth-order valence-corrected chi connectivity index (χ4v) is 10.4. The lowest BCUT2D eigenvalue weighted by molar-refractivity contribution is -0.140. The fraction of sp³-hybridized carbons (Fsp3) is 0.477. The van der Waals surface area contributed by atoms with E-state index in [-0.39, 0.29) is 30.7 Å². The van der Waals surface area contributed by atoms with Gasteiger partial charge in [-0.3, -0.25) is 19.1 Å². The molecule has 4 heterocycles. The average Bonchev–Trinajstić information content (AvgIpc) is 4.09. The van der Waals surface area contributed by atoms with Crippen LogP contribution in [-0.2, 0) is 29.8 Å². The zero-order chi connectivity index (χ0) is 41.5. The second-order valence-electron chi connectivity index (χ2n) is 17.2. The molecule has 8 rings (SSSR count). The molecule has 1 saturated heterocycles. The van der Waals surface area contributed by atoms with Crippen LogP contribution in [0.1, 0.15) is 84.3 Å². The van der Waals surface area contributed by atoms with E-state index in [1.165, 1.54) is 11.3 Å². The molecule has 0 bridgehead atoms. The van der Waals surface area contributed by atoms with Gasteiger partial charge in [0.2, 0.25) is 21.8 Å². The molecule has 2 aromatic carbocycles. The van der Waals surface area contributed by atoms with Crippen molar-refractivity contribution in [3.8, 4) is 22.8 Å². The van der Waals surface area contributed by atoms with Gasteiger partial charge in [-0.15, -0.1) is 11.3 Å². The number of aromatic nitrogens is 2. The van der Waals surface area contributed by atoms with Crippen LogP contribution in [0.4, 0.5) is 5.13 Å². The topological polar surface area (TPSA) is 169 Å². The molecule has 2 aromatic heterocycles. The Balaban J connectivity index is 1.14. The van der Waals surface area contributed by atoms with Crippen LogP contribution in [0.3, 0.4) is 0 Å². The summed E-state index contributed by atoms with van der Waals surface area (Å²) < 4.78 is 40.5. The number of nitrogens with zero attached hydrogens (tertiary/aromatic N) is 3. The summed E-state index contributed by atoms with van der Waals surface area (Å²) >= 11 is 1.45. The van der Waals surface area contributed by atoms with Gasteiger partial charge in [0, 0.05) is 46.2 Å². The molecule has 3 amide bonds. The Labute approximate surface area is 349 Å². The number of hydrogen-bond donors (Lipinski definition) is 3. The Kier molecular flexibility index (Phi) is 11.2. The van der Waals surface area contributed by atoms with Gasteiger partial charge in [-0.05, 0) is 50.7 Å². The zero-order valence-electron chi connectivity index (χ0n) is 33.9. The molecule has 59 heavy (non-hydrogen) atoms. The van der Waals surface area contributed by atoms with Crippen molar-refractivity contribution < 1.29 is 32.3 Å². The number of pyridine rings is 1. The smallest absolute Gasteiger partial charge is 0.259 e. The summed E-state index contributed by atoms with van der Waals surface area (Å²) in [6.45, 7) is 6.37. The molecule has 4 aliphatic rings. The lowest BCUT2D eigenvalue weighted by Crippen LogP contribution is -2.57. The minimum atomic E-state index is -3.88. The lowest BCUT2D eigenvalue weighted by Gasteiger charge is -2.30. The third kappa shape index (κ3) is 8.82. The maximum atomic E-state index is 14.9. The molecule has 0 spiro atoms. The summed E-state index contributed by atoms with van der Waals surface area (Å²) in [4.78, 5) is 54.8. The molecule has 4 aromatic rings. The fourth-order valence-electron chi connectivity index (χ4n) is 8.02. The van der Waals surface area contributed by atoms with Gasteiger partial charge >= 0.3 is 0 Å². The summed E-state index contributed by atoms with van der Waals surface area (Å²) in [5.41, 5.74) is 1.51. The minimum Gasteiger partial charge on any atom is -0.497 e. The predicted octanol–water partition coefficient (Wildman–Crippen LogP) is 6.50. The van der Waals surface area contributed by atoms with Crippen LogP contribution in [-0.4, -0.2) is 83.6 Å². The molecule has 3 N–H and O–H groups in total. The Morgan fingerprint density at radius 2 is 1.81 bits per heavy atom. The van der Waals surface area contributed by atoms with Crippen LogP contribution in [0.25, 0.3) is 22.2 Å². The van der Waals surface area contributed by atoms with E-state index in [1.54, 1.807) is 12.0 Å². The number of sulfonamides is 1. The quantitative estimate of drug-likeness (QED) is 0.158. The summed E-state index contributed by atoms with van der Waals surface area (Å²) in [6, 6.07) is 15.5. The van der Waals surface area contributed by atoms with Gasteiger partial charge in [0.1, 0.15) is 35.2 Å². The van der Waals surface area contributed by atoms with Crippen LogP contribution in [0, 0.1) is 5.92 Å². The molecular weight excluding hydrogens is 789 g/mol. The third-order valence-electron chi connectivity index (χ3n) is 11.8. The average molecular weight is 841 g/mol. The maximum absolute atomic E-state index is 14.9. The van der Waals surface area contributed by atoms with Crippen molar-refractivity contribution in [1.29, 1.82) is 0 Å². The van der Waals surface area contributed by atoms with Crippen molar-refractivity contribution in [2.45, 2.75) is 113 Å². The molecule has 0 radical (unpaired) electrons. The van der Waals surface area contributed by atoms with Crippen LogP contribution < -0.4 is 24.8 Å². The van der Waals surface area contributed by atoms with Gasteiger partial charge in [0.25, 0.3) is 5.91 Å². The summed E-state index contributed by atoms with van der Waals surface area (Å²) in [7, 11) is -2.28. The van der Waals surface area contributed by atoms with Crippen molar-refractivity contribution in [3.05, 3.63) is 77.8 Å². The van der Waals surface area contributed by atoms with Crippen LogP contribution in [0.15, 0.2) is 72.1 Å². The molecule has 0 unspecified atom stereocenters. The number of fused-ring (bicyclic) bond motifs is 3. The predicted molar refractivity (Wildman–Crippen MR) is 228 cm³/mol. The number of carbonyl (C=O) groups excluding carboxylic acids is 3. The van der Waals surface area contributed by atoms with E-state index >= 15 is 0 Å². The first-order valence-corrected chi connectivity index (χ1v) is 23.0. The number of amides is 3. The molecule has 13 nitrogen and oxygen atoms in total. The standard InChI is InChI=1S/C44H52N6O7S2/c1-43(2,3)38-26-58-42(47-38)46-33-16-12-7-5-6-11-15-28-24-44(28,41(53)49-59(54,55)31-18-19-31)48-39(51)36-22-30(25-50(36)40(33)52)57-37-23-34(27-13-9-8-10-14-27)45-35-21-29(56-4)17-20-32(35)37/h8-11,13-15,17,20-21,23,26,28,30-31,33,36H,5-7,12,16,18-19,22,24-25H2,1-4H3,(H,46,47)(H,48,51)(H,49,53)/t28-,30-,33+,36+,44-/m1/s1. The zero-order valence-corrected chi connectivity index (χ0v) is 35.5. The third-order valence-corrected chi connectivity index (χ3v) is 14.3. The number of anilines is 1. The van der Waals surface area contributed by atoms with Gasteiger partial charge in [0.15, 0.2) is 5.13 Å². The molecule has 3 fully saturated rings. The molecule has 15 heteroatoms. The highest BCUT2D eigenvalue weighted by Crippen LogP contribution is 2.46. The lowest BCUT2D eigenvalue weighted by atomic mass is 9.93. The number of ether oxygens (including phenoxy) is 2. The summed E-state index contributed by atoms with van der Waals surface area (Å²) in [5.74, 6) is -0.765. The first-order valence-electron chi connectivity index (χ1n) is 20.5. The van der Waals surface area contributed by atoms with E-state index in [9.17, 15) is 22.8 Å². The molecule has 2 aliphatic carbocycles. The van der Waals surface area contributed by atoms with E-state index in [0.29, 0.717) is 47.1 Å². The van der Waals surface area contributed by atoms with Gasteiger partial charge in [-0.1, -0.05) is 76.1 Å². The van der Waals surface area contributed by atoms with Crippen molar-refractivity contribution in [1.82, 2.24) is 24.9 Å². The van der Waals surface area contributed by atoms with Crippen LogP contribution in [0.2, 0.25) is 0 Å². The summed E-state index contributed by atoms with van der Waals surface area (Å²) in [5, 5.41) is 9.17. The van der Waals surface area contributed by atoms with Gasteiger partial charge < -0.3 is 25.0 Å². The molecule has 2 saturated carbocycles. The molecular formula is C44H52N6O7S2. The van der Waals surface area contributed by atoms with E-state index in [0.717, 1.165) is 42.3 Å². The first-order chi connectivity index (χ1) is 28.2. The van der Waals surface area contributed by atoms with Crippen molar-refractivity contribution in [2.24, 2.45) is 5.92 Å². The highest BCUT2D eigenvalue weighted by Gasteiger charge is 2.62. The number of thiazole rings is 1. The van der Waals surface area contributed by atoms with Gasteiger partial charge in [-0.25, -0.2) is 18.4 Å². The number of carbonyl (C=O) groups is 3. The van der Waals surface area contributed by atoms with Crippen LogP contribution in [0.5, 0.6) is 11.5 Å². The number of methoxy groups -OCH3 is 1. The Bertz CT molecular complexity index is 2370. The number of benzene rings is 2. The number of hydrogen-bond acceptors (Lipinski definition) is 11. The largest absolute Gasteiger partial charge is 0.497 e. The molecule has 2 aliphatic heterocycles. The van der Waals surface area contributed by atoms with Gasteiger partial charge in [-0.2, -0.15) is 0 Å². The first kappa shape index (κ1) is 40.7. The Morgan fingerprint density at radius 3 is 2.54 bits per heavy atom. The van der Waals surface area contributed by atoms with Crippen molar-refractivity contribution in [3.63, 3.8) is 0 Å². The Morgan fingerprint density at radius 1 is 1.02 bits per heavy atom. The maximum Gasteiger partial charge on any atom is 0.259 e. The van der Waals surface area contributed by atoms with Crippen molar-refractivity contribution in [2.75, 3.05) is 19.0 Å². The second kappa shape index (κ2) is 16.2. The molecule has 312 valence electrons. The second-order valence-corrected chi connectivity index (χ2v) is 20.1. The monoisotopic (exact) mass is 840 g/mol. The highest BCUT2D eigenvalue weighted by molar-refractivity contribution is 7.91. The van der Waals surface area contributed by atoms with E-state index in [2.05, 4.69) is 36.1 Å². The van der Waals surface area contributed by atoms with Crippen molar-refractivity contribution >= 4 is 55.1 Å². The Hall–Kier alpha value is -5.02. The normalized spacial score (nSPS) is 25.3. The molecule has 5 atom stereocenters. The van der Waals surface area contributed by atoms with E-state index in [4.69, 9.17) is 19.4 Å². The number of nitrogens with one attached hydrogen (secondary N) is 3. The van der Waals surface area contributed by atoms with E-state index < -0.39 is 56.7 Å².